The summed E-state index contributed by atoms with van der Waals surface area (Å²) in [4.78, 5) is 11.2. The Labute approximate surface area is 89.5 Å². The van der Waals surface area contributed by atoms with Gasteiger partial charge in [0, 0.05) is 26.9 Å². The molecule has 1 atom stereocenters. The van der Waals surface area contributed by atoms with Gasteiger partial charge in [-0.15, -0.1) is 0 Å². The summed E-state index contributed by atoms with van der Waals surface area (Å²) >= 11 is 0. The number of hydrogen-bond donors (Lipinski definition) is 0. The summed E-state index contributed by atoms with van der Waals surface area (Å²) in [6.45, 7) is 1.51. The van der Waals surface area contributed by atoms with E-state index in [1.54, 1.807) is 25.3 Å². The molecule has 0 saturated heterocycles. The molecule has 15 heavy (non-hydrogen) atoms. The van der Waals surface area contributed by atoms with E-state index in [4.69, 9.17) is 14.2 Å². The fourth-order valence-electron chi connectivity index (χ4n) is 1.55. The summed E-state index contributed by atoms with van der Waals surface area (Å²) < 4.78 is 15.8. The molecule has 1 rings (SSSR count). The second-order valence-corrected chi connectivity index (χ2v) is 3.30. The van der Waals surface area contributed by atoms with E-state index in [1.807, 2.05) is 0 Å². The van der Waals surface area contributed by atoms with Gasteiger partial charge < -0.3 is 14.2 Å². The number of rotatable bonds is 4. The highest BCUT2D eigenvalue weighted by Crippen LogP contribution is 2.27. The summed E-state index contributed by atoms with van der Waals surface area (Å²) in [5, 5.41) is 0. The van der Waals surface area contributed by atoms with Gasteiger partial charge in [0.15, 0.2) is 5.78 Å². The number of ether oxygens (including phenoxy) is 3. The zero-order chi connectivity index (χ0) is 11.5. The molecule has 0 bridgehead atoms. The largest absolute Gasteiger partial charge is 0.371 e. The van der Waals surface area contributed by atoms with Crippen LogP contribution in [-0.4, -0.2) is 39.0 Å². The van der Waals surface area contributed by atoms with Gasteiger partial charge in [-0.1, -0.05) is 6.08 Å². The van der Waals surface area contributed by atoms with Gasteiger partial charge >= 0.3 is 0 Å². The lowest BCUT2D eigenvalue weighted by Crippen LogP contribution is -2.46. The van der Waals surface area contributed by atoms with E-state index in [0.717, 1.165) is 0 Å². The molecule has 1 aliphatic rings. The highest BCUT2D eigenvalue weighted by molar-refractivity contribution is 5.96. The van der Waals surface area contributed by atoms with Crippen molar-refractivity contribution < 1.29 is 19.0 Å². The number of carbonyl (C=O) groups excluding carboxylic acids is 1. The lowest BCUT2D eigenvalue weighted by molar-refractivity contribution is -0.220. The van der Waals surface area contributed by atoms with Crippen LogP contribution in [0.5, 0.6) is 0 Å². The Bertz CT molecular complexity index is 300. The van der Waals surface area contributed by atoms with Crippen LogP contribution in [0.25, 0.3) is 0 Å². The van der Waals surface area contributed by atoms with Crippen LogP contribution in [0.2, 0.25) is 0 Å². The van der Waals surface area contributed by atoms with E-state index in [0.29, 0.717) is 5.57 Å². The Morgan fingerprint density at radius 3 is 2.33 bits per heavy atom. The van der Waals surface area contributed by atoms with Crippen LogP contribution in [0.1, 0.15) is 6.92 Å². The summed E-state index contributed by atoms with van der Waals surface area (Å²) in [6, 6.07) is 0. The third-order valence-corrected chi connectivity index (χ3v) is 2.52. The van der Waals surface area contributed by atoms with Crippen molar-refractivity contribution in [3.8, 4) is 0 Å². The van der Waals surface area contributed by atoms with Crippen LogP contribution in [-0.2, 0) is 19.0 Å². The zero-order valence-corrected chi connectivity index (χ0v) is 9.44. The molecular formula is C11H16O4. The van der Waals surface area contributed by atoms with Crippen molar-refractivity contribution in [2.45, 2.75) is 18.8 Å². The van der Waals surface area contributed by atoms with Gasteiger partial charge in [-0.3, -0.25) is 4.79 Å². The maximum absolute atomic E-state index is 11.2. The smallest absolute Gasteiger partial charge is 0.218 e. The SMILES string of the molecule is COC1C=C(C(C)=O)C=CC1(OC)OC. The van der Waals surface area contributed by atoms with Crippen molar-refractivity contribution in [3.63, 3.8) is 0 Å². The van der Waals surface area contributed by atoms with Crippen LogP contribution in [0.15, 0.2) is 23.8 Å². The van der Waals surface area contributed by atoms with Gasteiger partial charge in [0.2, 0.25) is 5.79 Å². The lowest BCUT2D eigenvalue weighted by atomic mass is 9.97. The van der Waals surface area contributed by atoms with Crippen LogP contribution in [0.3, 0.4) is 0 Å². The molecule has 1 aliphatic carbocycles. The molecule has 0 fully saturated rings. The van der Waals surface area contributed by atoms with Crippen molar-refractivity contribution in [2.24, 2.45) is 0 Å². The van der Waals surface area contributed by atoms with Crippen molar-refractivity contribution >= 4 is 5.78 Å². The third kappa shape index (κ3) is 2.17. The van der Waals surface area contributed by atoms with Crippen LogP contribution in [0, 0.1) is 0 Å². The average molecular weight is 212 g/mol. The number of Topliss-reactive ketones (excluding diaryl/α,β-unsaturated/α-hetero) is 1. The maximum atomic E-state index is 11.2. The molecule has 0 spiro atoms. The van der Waals surface area contributed by atoms with Crippen LogP contribution in [0.4, 0.5) is 0 Å². The van der Waals surface area contributed by atoms with Gasteiger partial charge in [-0.05, 0) is 19.1 Å². The van der Waals surface area contributed by atoms with E-state index >= 15 is 0 Å². The molecular weight excluding hydrogens is 196 g/mol. The molecule has 1 unspecified atom stereocenters. The normalized spacial score (nSPS) is 23.7. The first-order valence-corrected chi connectivity index (χ1v) is 4.64. The van der Waals surface area contributed by atoms with Crippen molar-refractivity contribution in [1.29, 1.82) is 0 Å². The van der Waals surface area contributed by atoms with E-state index in [-0.39, 0.29) is 5.78 Å². The van der Waals surface area contributed by atoms with Crippen molar-refractivity contribution in [3.05, 3.63) is 23.8 Å². The lowest BCUT2D eigenvalue weighted by Gasteiger charge is -2.35. The number of allylic oxidation sites excluding steroid dienone is 2. The molecule has 4 heteroatoms. The standard InChI is InChI=1S/C11H16O4/c1-8(12)9-5-6-11(14-3,15-4)10(7-9)13-2/h5-7,10H,1-4H3. The van der Waals surface area contributed by atoms with Gasteiger partial charge in [-0.2, -0.15) is 0 Å². The fraction of sp³-hybridized carbons (Fsp3) is 0.545. The zero-order valence-electron chi connectivity index (χ0n) is 9.44. The first kappa shape index (κ1) is 12.1. The highest BCUT2D eigenvalue weighted by Gasteiger charge is 2.38. The number of methoxy groups -OCH3 is 3. The molecule has 0 amide bonds. The molecule has 4 nitrogen and oxygen atoms in total. The van der Waals surface area contributed by atoms with Gasteiger partial charge in [0.1, 0.15) is 6.10 Å². The third-order valence-electron chi connectivity index (χ3n) is 2.52. The second-order valence-electron chi connectivity index (χ2n) is 3.30. The fourth-order valence-corrected chi connectivity index (χ4v) is 1.55. The van der Waals surface area contributed by atoms with Gasteiger partial charge in [-0.25, -0.2) is 0 Å². The Kier molecular flexibility index (Phi) is 3.79. The summed E-state index contributed by atoms with van der Waals surface area (Å²) in [7, 11) is 4.61. The quantitative estimate of drug-likeness (QED) is 0.654. The predicted molar refractivity (Wildman–Crippen MR) is 55.5 cm³/mol. The minimum atomic E-state index is -0.937. The van der Waals surface area contributed by atoms with Gasteiger partial charge in [0.05, 0.1) is 0 Å². The first-order chi connectivity index (χ1) is 7.09. The molecule has 0 aromatic heterocycles. The molecule has 0 aromatic rings. The molecule has 0 heterocycles. The van der Waals surface area contributed by atoms with Crippen molar-refractivity contribution in [1.82, 2.24) is 0 Å². The molecule has 0 radical (unpaired) electrons. The molecule has 0 N–H and O–H groups in total. The topological polar surface area (TPSA) is 44.8 Å². The van der Waals surface area contributed by atoms with Gasteiger partial charge in [0.25, 0.3) is 0 Å². The van der Waals surface area contributed by atoms with Crippen molar-refractivity contribution in [2.75, 3.05) is 21.3 Å². The highest BCUT2D eigenvalue weighted by atomic mass is 16.7. The minimum absolute atomic E-state index is 0.00546. The Morgan fingerprint density at radius 2 is 1.93 bits per heavy atom. The van der Waals surface area contributed by atoms with Crippen LogP contribution >= 0.6 is 0 Å². The summed E-state index contributed by atoms with van der Waals surface area (Å²) in [5.41, 5.74) is 0.603. The number of carbonyl (C=O) groups is 1. The number of ketones is 1. The predicted octanol–water partition coefficient (Wildman–Crippen LogP) is 1.08. The monoisotopic (exact) mass is 212 g/mol. The van der Waals surface area contributed by atoms with E-state index in [1.165, 1.54) is 21.1 Å². The molecule has 0 aromatic carbocycles. The van der Waals surface area contributed by atoms with Crippen LogP contribution < -0.4 is 0 Å². The molecule has 84 valence electrons. The minimum Gasteiger partial charge on any atom is -0.371 e. The Morgan fingerprint density at radius 1 is 1.33 bits per heavy atom. The maximum Gasteiger partial charge on any atom is 0.218 e. The average Bonchev–Trinajstić information content (AvgIpc) is 2.27. The Balaban J connectivity index is 3.01. The van der Waals surface area contributed by atoms with E-state index < -0.39 is 11.9 Å². The molecule has 0 saturated carbocycles. The summed E-state index contributed by atoms with van der Waals surface area (Å²) in [5.74, 6) is -0.942. The first-order valence-electron chi connectivity index (χ1n) is 4.64. The number of hydrogen-bond acceptors (Lipinski definition) is 4. The molecule has 0 aliphatic heterocycles. The second kappa shape index (κ2) is 4.70. The van der Waals surface area contributed by atoms with E-state index in [2.05, 4.69) is 0 Å². The Hall–Kier alpha value is -0.970. The van der Waals surface area contributed by atoms with E-state index in [9.17, 15) is 4.79 Å². The summed E-state index contributed by atoms with van der Waals surface area (Å²) in [6.07, 6.45) is 4.66.